The topological polar surface area (TPSA) is 40.6 Å². The first-order chi connectivity index (χ1) is 18.3. The van der Waals surface area contributed by atoms with Crippen LogP contribution in [0.3, 0.4) is 0 Å². The van der Waals surface area contributed by atoms with Crippen LogP contribution < -0.4 is 9.80 Å². The Balaban J connectivity index is 1.53. The van der Waals surface area contributed by atoms with E-state index >= 15 is 0 Å². The highest BCUT2D eigenvalue weighted by atomic mass is 35.5. The molecule has 0 N–H and O–H groups in total. The van der Waals surface area contributed by atoms with Gasteiger partial charge >= 0.3 is 0 Å². The number of hydrogen-bond donors (Lipinski definition) is 0. The number of rotatable bonds is 5. The molecule has 0 atom stereocenters. The van der Waals surface area contributed by atoms with Crippen molar-refractivity contribution in [1.29, 1.82) is 0 Å². The van der Waals surface area contributed by atoms with E-state index in [0.29, 0.717) is 28.4 Å². The van der Waals surface area contributed by atoms with Crippen LogP contribution in [0.1, 0.15) is 27.8 Å². The van der Waals surface area contributed by atoms with E-state index in [9.17, 15) is 9.59 Å². The molecule has 6 heteroatoms. The summed E-state index contributed by atoms with van der Waals surface area (Å²) in [6.07, 6.45) is 2.28. The molecule has 5 rings (SSSR count). The van der Waals surface area contributed by atoms with Crippen molar-refractivity contribution >= 4 is 58.2 Å². The highest BCUT2D eigenvalue weighted by Crippen LogP contribution is 2.30. The Morgan fingerprint density at radius 2 is 1.26 bits per heavy atom. The number of para-hydroxylation sites is 2. The molecule has 2 amide bonds. The van der Waals surface area contributed by atoms with Gasteiger partial charge in [-0.15, -0.1) is 0 Å². The third-order valence-corrected chi connectivity index (χ3v) is 7.06. The largest absolute Gasteiger partial charge is 0.270 e. The molecule has 0 bridgehead atoms. The molecule has 1 aliphatic rings. The summed E-state index contributed by atoms with van der Waals surface area (Å²) in [5.74, 6) is -0.956. The van der Waals surface area contributed by atoms with Crippen LogP contribution in [-0.2, 0) is 16.0 Å². The van der Waals surface area contributed by atoms with E-state index in [1.807, 2.05) is 48.5 Å². The van der Waals surface area contributed by atoms with Crippen molar-refractivity contribution in [3.8, 4) is 0 Å². The second-order valence-electron chi connectivity index (χ2n) is 9.32. The van der Waals surface area contributed by atoms with Gasteiger partial charge in [-0.3, -0.25) is 19.4 Å². The Morgan fingerprint density at radius 3 is 1.76 bits per heavy atom. The first kappa shape index (κ1) is 25.6. The summed E-state index contributed by atoms with van der Waals surface area (Å²) in [6, 6.07) is 30.2. The van der Waals surface area contributed by atoms with Gasteiger partial charge in [0, 0.05) is 5.02 Å². The van der Waals surface area contributed by atoms with Gasteiger partial charge in [0.05, 0.1) is 11.4 Å². The van der Waals surface area contributed by atoms with Gasteiger partial charge in [0.2, 0.25) is 0 Å². The maximum Gasteiger partial charge on any atom is 0.270 e. The predicted molar refractivity (Wildman–Crippen MR) is 159 cm³/mol. The SMILES string of the molecule is Cc1cc(C)cc(Cc2ccc(C=C3C(=O)N(c4ccccc4)C(=S)N(c4ccccc4)C3=O)cc2Cl)c1. The van der Waals surface area contributed by atoms with Crippen LogP contribution in [0.15, 0.2) is 103 Å². The van der Waals surface area contributed by atoms with Gasteiger partial charge in [-0.05, 0) is 85.6 Å². The zero-order valence-corrected chi connectivity index (χ0v) is 22.6. The summed E-state index contributed by atoms with van der Waals surface area (Å²) in [7, 11) is 0. The Labute approximate surface area is 232 Å². The fraction of sp³-hybridized carbons (Fsp3) is 0.0938. The molecule has 0 aliphatic carbocycles. The molecular formula is C32H25ClN2O2S. The minimum atomic E-state index is -0.478. The average molecular weight is 537 g/mol. The van der Waals surface area contributed by atoms with E-state index in [-0.39, 0.29) is 10.7 Å². The summed E-state index contributed by atoms with van der Waals surface area (Å²) < 4.78 is 0. The normalized spacial score (nSPS) is 13.8. The fourth-order valence-corrected chi connectivity index (χ4v) is 5.33. The number of anilines is 2. The maximum atomic E-state index is 13.7. The van der Waals surface area contributed by atoms with Gasteiger partial charge < -0.3 is 0 Å². The molecule has 1 aliphatic heterocycles. The van der Waals surface area contributed by atoms with Crippen LogP contribution in [0.2, 0.25) is 5.02 Å². The molecule has 1 heterocycles. The van der Waals surface area contributed by atoms with E-state index < -0.39 is 11.8 Å². The van der Waals surface area contributed by atoms with Crippen LogP contribution in [0.4, 0.5) is 11.4 Å². The number of aryl methyl sites for hydroxylation is 2. The first-order valence-electron chi connectivity index (χ1n) is 12.2. The van der Waals surface area contributed by atoms with Gasteiger partial charge in [0.1, 0.15) is 5.57 Å². The van der Waals surface area contributed by atoms with Crippen molar-refractivity contribution in [1.82, 2.24) is 0 Å². The van der Waals surface area contributed by atoms with Crippen LogP contribution in [0, 0.1) is 13.8 Å². The van der Waals surface area contributed by atoms with E-state index in [0.717, 1.165) is 5.56 Å². The van der Waals surface area contributed by atoms with Crippen molar-refractivity contribution < 1.29 is 9.59 Å². The number of amides is 2. The van der Waals surface area contributed by atoms with Crippen molar-refractivity contribution in [3.05, 3.63) is 135 Å². The minimum Gasteiger partial charge on any atom is -0.268 e. The number of hydrogen-bond acceptors (Lipinski definition) is 3. The fourth-order valence-electron chi connectivity index (χ4n) is 4.69. The first-order valence-corrected chi connectivity index (χ1v) is 13.0. The molecule has 188 valence electrons. The van der Waals surface area contributed by atoms with E-state index in [2.05, 4.69) is 32.0 Å². The van der Waals surface area contributed by atoms with Crippen molar-refractivity contribution in [2.24, 2.45) is 0 Å². The molecule has 4 aromatic carbocycles. The van der Waals surface area contributed by atoms with Gasteiger partial charge in [-0.25, -0.2) is 0 Å². The summed E-state index contributed by atoms with van der Waals surface area (Å²) in [5.41, 5.74) is 6.39. The molecular weight excluding hydrogens is 512 g/mol. The van der Waals surface area contributed by atoms with Gasteiger partial charge in [0.15, 0.2) is 5.11 Å². The highest BCUT2D eigenvalue weighted by molar-refractivity contribution is 7.81. The minimum absolute atomic E-state index is 0.00410. The second kappa shape index (κ2) is 10.7. The van der Waals surface area contributed by atoms with E-state index in [1.54, 1.807) is 36.4 Å². The monoisotopic (exact) mass is 536 g/mol. The molecule has 1 fully saturated rings. The standard InChI is InChI=1S/C32H25ClN2O2S/c1-21-15-22(2)17-24(16-21)18-25-14-13-23(20-29(25)33)19-28-30(36)34(26-9-5-3-6-10-26)32(38)35(31(28)37)27-11-7-4-8-12-27/h3-17,19-20H,18H2,1-2H3. The van der Waals surface area contributed by atoms with Gasteiger partial charge in [-0.1, -0.05) is 89.5 Å². The summed E-state index contributed by atoms with van der Waals surface area (Å²) in [5, 5.41) is 0.681. The molecule has 38 heavy (non-hydrogen) atoms. The van der Waals surface area contributed by atoms with Crippen LogP contribution >= 0.6 is 23.8 Å². The highest BCUT2D eigenvalue weighted by Gasteiger charge is 2.41. The van der Waals surface area contributed by atoms with E-state index in [1.165, 1.54) is 26.5 Å². The Morgan fingerprint density at radius 1 is 0.737 bits per heavy atom. The summed E-state index contributed by atoms with van der Waals surface area (Å²) in [6.45, 7) is 4.16. The van der Waals surface area contributed by atoms with E-state index in [4.69, 9.17) is 23.8 Å². The molecule has 4 aromatic rings. The third-order valence-electron chi connectivity index (χ3n) is 6.34. The quantitative estimate of drug-likeness (QED) is 0.153. The molecule has 0 aromatic heterocycles. The number of carbonyl (C=O) groups is 2. The summed E-state index contributed by atoms with van der Waals surface area (Å²) >= 11 is 12.3. The number of benzene rings is 4. The third kappa shape index (κ3) is 5.17. The molecule has 1 saturated heterocycles. The lowest BCUT2D eigenvalue weighted by Crippen LogP contribution is -2.56. The number of halogens is 1. The van der Waals surface area contributed by atoms with Crippen molar-refractivity contribution in [3.63, 3.8) is 0 Å². The summed E-state index contributed by atoms with van der Waals surface area (Å²) in [4.78, 5) is 30.1. The van der Waals surface area contributed by atoms with Crippen LogP contribution in [0.25, 0.3) is 6.08 Å². The van der Waals surface area contributed by atoms with Crippen molar-refractivity contribution in [2.45, 2.75) is 20.3 Å². The Bertz CT molecular complexity index is 1500. The van der Waals surface area contributed by atoms with Crippen molar-refractivity contribution in [2.75, 3.05) is 9.80 Å². The van der Waals surface area contributed by atoms with Gasteiger partial charge in [0.25, 0.3) is 11.8 Å². The number of nitrogens with zero attached hydrogens (tertiary/aromatic N) is 2. The maximum absolute atomic E-state index is 13.7. The second-order valence-corrected chi connectivity index (χ2v) is 10.1. The van der Waals surface area contributed by atoms with Gasteiger partial charge in [-0.2, -0.15) is 0 Å². The smallest absolute Gasteiger partial charge is 0.268 e. The lowest BCUT2D eigenvalue weighted by atomic mass is 9.99. The molecule has 0 saturated carbocycles. The molecule has 4 nitrogen and oxygen atoms in total. The number of thiocarbonyl (C=S) groups is 1. The molecule has 0 spiro atoms. The zero-order valence-electron chi connectivity index (χ0n) is 21.0. The Kier molecular flexibility index (Phi) is 7.23. The Hall–Kier alpha value is -4.06. The van der Waals surface area contributed by atoms with Crippen LogP contribution in [-0.4, -0.2) is 16.9 Å². The zero-order chi connectivity index (χ0) is 26.8. The van der Waals surface area contributed by atoms with Crippen LogP contribution in [0.5, 0.6) is 0 Å². The number of carbonyl (C=O) groups excluding carboxylic acids is 2. The predicted octanol–water partition coefficient (Wildman–Crippen LogP) is 7.30. The molecule has 0 unspecified atom stereocenters. The molecule has 0 radical (unpaired) electrons. The lowest BCUT2D eigenvalue weighted by molar-refractivity contribution is -0.120. The average Bonchev–Trinajstić information content (AvgIpc) is 2.89. The lowest BCUT2D eigenvalue weighted by Gasteiger charge is -2.36.